The van der Waals surface area contributed by atoms with Crippen molar-refractivity contribution in [3.05, 3.63) is 10.4 Å². The second-order valence-corrected chi connectivity index (χ2v) is 4.20. The average molecular weight is 197 g/mol. The van der Waals surface area contributed by atoms with E-state index in [0.29, 0.717) is 17.9 Å². The van der Waals surface area contributed by atoms with Crippen molar-refractivity contribution in [1.82, 2.24) is 0 Å². The summed E-state index contributed by atoms with van der Waals surface area (Å²) in [6.07, 6.45) is 1.38. The smallest absolute Gasteiger partial charge is 0.0662 e. The molecule has 0 aromatic carbocycles. The molecule has 4 heteroatoms. The average Bonchev–Trinajstić information content (AvgIpc) is 2.18. The van der Waals surface area contributed by atoms with Crippen molar-refractivity contribution >= 4 is 0 Å². The van der Waals surface area contributed by atoms with Gasteiger partial charge in [-0.1, -0.05) is 25.9 Å². The summed E-state index contributed by atoms with van der Waals surface area (Å²) in [4.78, 5) is 2.89. The normalized spacial score (nSPS) is 43.0. The Hall–Kier alpha value is -0.730. The Labute approximate surface area is 85.3 Å². The quantitative estimate of drug-likeness (QED) is 0.381. The second-order valence-electron chi connectivity index (χ2n) is 4.20. The Morgan fingerprint density at radius 3 is 2.43 bits per heavy atom. The summed E-state index contributed by atoms with van der Waals surface area (Å²) in [6.45, 7) is 8.44. The highest BCUT2D eigenvalue weighted by Gasteiger charge is 2.37. The highest BCUT2D eigenvalue weighted by molar-refractivity contribution is 4.90. The van der Waals surface area contributed by atoms with Crippen molar-refractivity contribution in [2.75, 3.05) is 0 Å². The van der Waals surface area contributed by atoms with Crippen molar-refractivity contribution in [3.8, 4) is 0 Å². The van der Waals surface area contributed by atoms with Crippen LogP contribution in [0.5, 0.6) is 0 Å². The van der Waals surface area contributed by atoms with E-state index in [1.807, 2.05) is 6.92 Å². The van der Waals surface area contributed by atoms with Gasteiger partial charge in [-0.25, -0.2) is 0 Å². The van der Waals surface area contributed by atoms with Crippen LogP contribution in [-0.2, 0) is 4.74 Å². The number of rotatable bonds is 2. The molecular weight excluding hydrogens is 178 g/mol. The van der Waals surface area contributed by atoms with Gasteiger partial charge < -0.3 is 4.74 Å². The predicted octanol–water partition coefficient (Wildman–Crippen LogP) is 3.13. The van der Waals surface area contributed by atoms with Crippen molar-refractivity contribution in [3.63, 3.8) is 0 Å². The number of azide groups is 1. The molecule has 0 radical (unpaired) electrons. The lowest BCUT2D eigenvalue weighted by Crippen LogP contribution is -2.46. The molecular formula is C10H19N3O. The molecule has 0 N–H and O–H groups in total. The third-order valence-corrected chi connectivity index (χ3v) is 3.41. The second kappa shape index (κ2) is 4.67. The van der Waals surface area contributed by atoms with Crippen LogP contribution in [0.1, 0.15) is 34.1 Å². The van der Waals surface area contributed by atoms with Crippen LogP contribution in [-0.4, -0.2) is 18.2 Å². The van der Waals surface area contributed by atoms with E-state index in [1.165, 1.54) is 0 Å². The van der Waals surface area contributed by atoms with E-state index < -0.39 is 0 Å². The Kier molecular flexibility index (Phi) is 3.78. The zero-order valence-corrected chi connectivity index (χ0v) is 9.34. The van der Waals surface area contributed by atoms with Crippen LogP contribution in [0.4, 0.5) is 0 Å². The minimum absolute atomic E-state index is 0.0159. The van der Waals surface area contributed by atoms with Crippen molar-refractivity contribution in [1.29, 1.82) is 0 Å². The van der Waals surface area contributed by atoms with E-state index in [-0.39, 0.29) is 12.1 Å². The first-order chi connectivity index (χ1) is 6.61. The molecule has 1 saturated heterocycles. The molecule has 1 rings (SSSR count). The summed E-state index contributed by atoms with van der Waals surface area (Å²) < 4.78 is 5.82. The summed E-state index contributed by atoms with van der Waals surface area (Å²) >= 11 is 0. The number of nitrogens with zero attached hydrogens (tertiary/aromatic N) is 3. The lowest BCUT2D eigenvalue weighted by Gasteiger charge is -2.41. The van der Waals surface area contributed by atoms with Gasteiger partial charge in [-0.15, -0.1) is 0 Å². The third kappa shape index (κ3) is 2.02. The predicted molar refractivity (Wildman–Crippen MR) is 55.9 cm³/mol. The van der Waals surface area contributed by atoms with E-state index in [0.717, 1.165) is 6.42 Å². The summed E-state index contributed by atoms with van der Waals surface area (Å²) in [5, 5.41) is 3.82. The van der Waals surface area contributed by atoms with E-state index in [4.69, 9.17) is 10.3 Å². The first-order valence-corrected chi connectivity index (χ1v) is 5.31. The molecule has 1 aliphatic heterocycles. The molecule has 0 aliphatic carbocycles. The first kappa shape index (κ1) is 11.3. The van der Waals surface area contributed by atoms with E-state index in [1.54, 1.807) is 0 Å². The molecule has 0 amide bonds. The van der Waals surface area contributed by atoms with Gasteiger partial charge in [0.15, 0.2) is 0 Å². The van der Waals surface area contributed by atoms with Gasteiger partial charge in [0.2, 0.25) is 0 Å². The summed E-state index contributed by atoms with van der Waals surface area (Å²) in [6, 6.07) is -0.0159. The minimum Gasteiger partial charge on any atom is -0.375 e. The fourth-order valence-corrected chi connectivity index (χ4v) is 2.28. The van der Waals surface area contributed by atoms with Crippen LogP contribution in [0, 0.1) is 11.8 Å². The van der Waals surface area contributed by atoms with Gasteiger partial charge in [0.1, 0.15) is 0 Å². The lowest BCUT2D eigenvalue weighted by atomic mass is 9.80. The Morgan fingerprint density at radius 1 is 1.29 bits per heavy atom. The van der Waals surface area contributed by atoms with Crippen LogP contribution in [0.2, 0.25) is 0 Å². The molecule has 0 aromatic rings. The fraction of sp³-hybridized carbons (Fsp3) is 1.00. The molecule has 4 nitrogen and oxygen atoms in total. The molecule has 0 spiro atoms. The third-order valence-electron chi connectivity index (χ3n) is 3.41. The standard InChI is InChI=1S/C10H19N3O/c1-5-9-6(2)7(3)10(12-13-11)8(4)14-9/h6-10H,5H2,1-4H3/t6-,7-,8-,9?,10?/m0/s1. The summed E-state index contributed by atoms with van der Waals surface area (Å²) in [5.41, 5.74) is 8.47. The van der Waals surface area contributed by atoms with Crippen LogP contribution < -0.4 is 0 Å². The van der Waals surface area contributed by atoms with Gasteiger partial charge in [-0.05, 0) is 30.7 Å². The molecule has 1 fully saturated rings. The zero-order valence-electron chi connectivity index (χ0n) is 9.34. The van der Waals surface area contributed by atoms with Gasteiger partial charge in [-0.3, -0.25) is 0 Å². The molecule has 0 bridgehead atoms. The molecule has 0 saturated carbocycles. The van der Waals surface area contributed by atoms with Gasteiger partial charge in [0, 0.05) is 4.91 Å². The summed E-state index contributed by atoms with van der Waals surface area (Å²) in [5.74, 6) is 0.867. The number of hydrogen-bond acceptors (Lipinski definition) is 2. The summed E-state index contributed by atoms with van der Waals surface area (Å²) in [7, 11) is 0. The maximum Gasteiger partial charge on any atom is 0.0662 e. The van der Waals surface area contributed by atoms with Crippen LogP contribution >= 0.6 is 0 Å². The van der Waals surface area contributed by atoms with E-state index in [2.05, 4.69) is 30.8 Å². The monoisotopic (exact) mass is 197 g/mol. The molecule has 0 aromatic heterocycles. The zero-order chi connectivity index (χ0) is 10.7. The molecule has 1 aliphatic rings. The van der Waals surface area contributed by atoms with E-state index >= 15 is 0 Å². The van der Waals surface area contributed by atoms with Crippen LogP contribution in [0.3, 0.4) is 0 Å². The van der Waals surface area contributed by atoms with Crippen molar-refractivity contribution in [2.24, 2.45) is 17.0 Å². The highest BCUT2D eigenvalue weighted by atomic mass is 16.5. The van der Waals surface area contributed by atoms with Crippen molar-refractivity contribution < 1.29 is 4.74 Å². The van der Waals surface area contributed by atoms with Gasteiger partial charge >= 0.3 is 0 Å². The van der Waals surface area contributed by atoms with Crippen molar-refractivity contribution in [2.45, 2.75) is 52.4 Å². The number of ether oxygens (including phenoxy) is 1. The lowest BCUT2D eigenvalue weighted by molar-refractivity contribution is -0.105. The Bertz CT molecular complexity index is 238. The molecule has 14 heavy (non-hydrogen) atoms. The largest absolute Gasteiger partial charge is 0.375 e. The Morgan fingerprint density at radius 2 is 1.93 bits per heavy atom. The Balaban J connectivity index is 2.78. The molecule has 2 unspecified atom stereocenters. The maximum atomic E-state index is 8.47. The molecule has 80 valence electrons. The van der Waals surface area contributed by atoms with E-state index in [9.17, 15) is 0 Å². The highest BCUT2D eigenvalue weighted by Crippen LogP contribution is 2.33. The maximum absolute atomic E-state index is 8.47. The number of hydrogen-bond donors (Lipinski definition) is 0. The first-order valence-electron chi connectivity index (χ1n) is 5.31. The molecule has 1 heterocycles. The minimum atomic E-state index is -0.0159. The van der Waals surface area contributed by atoms with Gasteiger partial charge in [-0.2, -0.15) is 0 Å². The van der Waals surface area contributed by atoms with Gasteiger partial charge in [0.25, 0.3) is 0 Å². The molecule has 5 atom stereocenters. The van der Waals surface area contributed by atoms with Crippen LogP contribution in [0.15, 0.2) is 5.11 Å². The van der Waals surface area contributed by atoms with Gasteiger partial charge in [0.05, 0.1) is 18.2 Å². The SMILES string of the molecule is CCC1O[C@@H](C)C(N=[N+]=[N-])[C@@H](C)[C@@H]1C. The van der Waals surface area contributed by atoms with Crippen LogP contribution in [0.25, 0.3) is 10.4 Å². The topological polar surface area (TPSA) is 58.0 Å². The fourth-order valence-electron chi connectivity index (χ4n) is 2.28.